The van der Waals surface area contributed by atoms with E-state index in [0.717, 1.165) is 48.4 Å². The van der Waals surface area contributed by atoms with Crippen molar-refractivity contribution in [3.63, 3.8) is 0 Å². The molecule has 1 atom stereocenters. The highest BCUT2D eigenvalue weighted by molar-refractivity contribution is 5.95. The number of pyridine rings is 1. The minimum absolute atomic E-state index is 0.0999. The van der Waals surface area contributed by atoms with Crippen molar-refractivity contribution in [2.24, 2.45) is 0 Å². The number of likely N-dealkylation sites (tertiary alicyclic amines) is 1. The molecule has 0 bridgehead atoms. The van der Waals surface area contributed by atoms with Gasteiger partial charge < -0.3 is 14.4 Å². The number of rotatable bonds is 5. The normalized spacial score (nSPS) is 16.7. The van der Waals surface area contributed by atoms with E-state index in [1.807, 2.05) is 52.2 Å². The summed E-state index contributed by atoms with van der Waals surface area (Å²) in [5, 5.41) is 0. The fraction of sp³-hybridized carbons (Fsp3) is 0.318. The van der Waals surface area contributed by atoms with Crippen LogP contribution in [-0.2, 0) is 6.54 Å². The molecule has 6 nitrogen and oxygen atoms in total. The van der Waals surface area contributed by atoms with E-state index >= 15 is 0 Å². The van der Waals surface area contributed by atoms with Gasteiger partial charge in [0.25, 0.3) is 5.91 Å². The Labute approximate surface area is 165 Å². The minimum Gasteiger partial charge on any atom is -0.337 e. The van der Waals surface area contributed by atoms with Crippen molar-refractivity contribution >= 4 is 5.91 Å². The van der Waals surface area contributed by atoms with Crippen LogP contribution in [0.3, 0.4) is 0 Å². The lowest BCUT2D eigenvalue weighted by Gasteiger charge is -2.20. The van der Waals surface area contributed by atoms with E-state index in [1.165, 1.54) is 0 Å². The number of benzene rings is 1. The fourth-order valence-corrected chi connectivity index (χ4v) is 3.62. The van der Waals surface area contributed by atoms with E-state index in [4.69, 9.17) is 0 Å². The SMILES string of the molecule is CN(C)C1CCN(C(=O)c2cccc(-c3ccc(Cn4ccnc4)cn3)c2)C1. The van der Waals surface area contributed by atoms with Crippen LogP contribution in [0.15, 0.2) is 61.3 Å². The van der Waals surface area contributed by atoms with Crippen molar-refractivity contribution in [2.45, 2.75) is 19.0 Å². The lowest BCUT2D eigenvalue weighted by molar-refractivity contribution is 0.0783. The molecule has 3 heterocycles. The summed E-state index contributed by atoms with van der Waals surface area (Å²) in [5.74, 6) is 0.0999. The van der Waals surface area contributed by atoms with Gasteiger partial charge in [0.2, 0.25) is 0 Å². The molecule has 1 saturated heterocycles. The Morgan fingerprint density at radius 3 is 2.82 bits per heavy atom. The van der Waals surface area contributed by atoms with Gasteiger partial charge in [-0.05, 0) is 44.3 Å². The van der Waals surface area contributed by atoms with Crippen LogP contribution in [-0.4, -0.2) is 63.5 Å². The maximum absolute atomic E-state index is 12.9. The van der Waals surface area contributed by atoms with Gasteiger partial charge in [-0.15, -0.1) is 0 Å². The van der Waals surface area contributed by atoms with Gasteiger partial charge in [0.15, 0.2) is 0 Å². The van der Waals surface area contributed by atoms with Gasteiger partial charge >= 0.3 is 0 Å². The number of aromatic nitrogens is 3. The molecule has 1 amide bonds. The zero-order valence-electron chi connectivity index (χ0n) is 16.3. The first-order valence-electron chi connectivity index (χ1n) is 9.57. The Morgan fingerprint density at radius 2 is 2.14 bits per heavy atom. The summed E-state index contributed by atoms with van der Waals surface area (Å²) in [6, 6.07) is 12.3. The van der Waals surface area contributed by atoms with Crippen LogP contribution in [0.4, 0.5) is 0 Å². The van der Waals surface area contributed by atoms with E-state index in [1.54, 1.807) is 12.5 Å². The van der Waals surface area contributed by atoms with Crippen LogP contribution in [0.25, 0.3) is 11.3 Å². The van der Waals surface area contributed by atoms with Crippen molar-refractivity contribution in [3.8, 4) is 11.3 Å². The van der Waals surface area contributed by atoms with E-state index in [-0.39, 0.29) is 5.91 Å². The van der Waals surface area contributed by atoms with Crippen molar-refractivity contribution in [3.05, 3.63) is 72.4 Å². The summed E-state index contributed by atoms with van der Waals surface area (Å²) >= 11 is 0. The maximum Gasteiger partial charge on any atom is 0.253 e. The second-order valence-corrected chi connectivity index (χ2v) is 7.52. The number of amides is 1. The highest BCUT2D eigenvalue weighted by Crippen LogP contribution is 2.22. The van der Waals surface area contributed by atoms with Crippen LogP contribution in [0.1, 0.15) is 22.3 Å². The molecule has 1 aliphatic heterocycles. The molecule has 0 radical (unpaired) electrons. The number of carbonyl (C=O) groups excluding carboxylic acids is 1. The monoisotopic (exact) mass is 375 g/mol. The summed E-state index contributed by atoms with van der Waals surface area (Å²) in [4.78, 5) is 25.7. The summed E-state index contributed by atoms with van der Waals surface area (Å²) < 4.78 is 2.01. The molecule has 0 saturated carbocycles. The summed E-state index contributed by atoms with van der Waals surface area (Å²) in [6.07, 6.45) is 8.40. The summed E-state index contributed by atoms with van der Waals surface area (Å²) in [6.45, 7) is 2.35. The first-order chi connectivity index (χ1) is 13.6. The lowest BCUT2D eigenvalue weighted by atomic mass is 10.1. The average Bonchev–Trinajstić information content (AvgIpc) is 3.40. The van der Waals surface area contributed by atoms with Crippen LogP contribution < -0.4 is 0 Å². The number of carbonyl (C=O) groups is 1. The average molecular weight is 375 g/mol. The number of imidazole rings is 1. The first-order valence-corrected chi connectivity index (χ1v) is 9.57. The number of nitrogens with zero attached hydrogens (tertiary/aromatic N) is 5. The standard InChI is InChI=1S/C22H25N5O/c1-25(2)20-8-10-27(15-20)22(28)19-5-3-4-18(12-19)21-7-6-17(13-24-21)14-26-11-9-23-16-26/h3-7,9,11-13,16,20H,8,10,14-15H2,1-2H3. The van der Waals surface area contributed by atoms with Crippen LogP contribution in [0, 0.1) is 0 Å². The van der Waals surface area contributed by atoms with Gasteiger partial charge in [0.05, 0.1) is 12.0 Å². The second-order valence-electron chi connectivity index (χ2n) is 7.52. The van der Waals surface area contributed by atoms with Gasteiger partial charge in [0.1, 0.15) is 0 Å². The van der Waals surface area contributed by atoms with Crippen LogP contribution >= 0.6 is 0 Å². The molecule has 6 heteroatoms. The first kappa shape index (κ1) is 18.4. The largest absolute Gasteiger partial charge is 0.337 e. The van der Waals surface area contributed by atoms with E-state index in [2.05, 4.69) is 35.0 Å². The topological polar surface area (TPSA) is 54.3 Å². The van der Waals surface area contributed by atoms with E-state index in [0.29, 0.717) is 6.04 Å². The molecule has 0 N–H and O–H groups in total. The van der Waals surface area contributed by atoms with Crippen molar-refractivity contribution in [2.75, 3.05) is 27.2 Å². The van der Waals surface area contributed by atoms with Crippen molar-refractivity contribution < 1.29 is 4.79 Å². The predicted octanol–water partition coefficient (Wildman–Crippen LogP) is 2.77. The molecule has 0 aliphatic carbocycles. The van der Waals surface area contributed by atoms with E-state index < -0.39 is 0 Å². The summed E-state index contributed by atoms with van der Waals surface area (Å²) in [5.41, 5.74) is 3.67. The Hall–Kier alpha value is -2.99. The highest BCUT2D eigenvalue weighted by atomic mass is 16.2. The van der Waals surface area contributed by atoms with Crippen molar-refractivity contribution in [1.82, 2.24) is 24.3 Å². The molecule has 4 rings (SSSR count). The highest BCUT2D eigenvalue weighted by Gasteiger charge is 2.28. The Balaban J connectivity index is 1.48. The smallest absolute Gasteiger partial charge is 0.253 e. The Morgan fingerprint density at radius 1 is 1.25 bits per heavy atom. The minimum atomic E-state index is 0.0999. The molecule has 1 unspecified atom stereocenters. The Kier molecular flexibility index (Phi) is 5.21. The molecular weight excluding hydrogens is 350 g/mol. The molecule has 1 aromatic carbocycles. The van der Waals surface area contributed by atoms with Gasteiger partial charge in [-0.1, -0.05) is 18.2 Å². The molecular formula is C22H25N5O. The van der Waals surface area contributed by atoms with Crippen molar-refractivity contribution in [1.29, 1.82) is 0 Å². The fourth-order valence-electron chi connectivity index (χ4n) is 3.62. The quantitative estimate of drug-likeness (QED) is 0.688. The lowest BCUT2D eigenvalue weighted by Crippen LogP contribution is -2.34. The summed E-state index contributed by atoms with van der Waals surface area (Å²) in [7, 11) is 4.14. The molecule has 0 spiro atoms. The van der Waals surface area contributed by atoms with Crippen LogP contribution in [0.5, 0.6) is 0 Å². The van der Waals surface area contributed by atoms with Gasteiger partial charge in [-0.2, -0.15) is 0 Å². The Bertz CT molecular complexity index is 934. The molecule has 1 aliphatic rings. The third-order valence-electron chi connectivity index (χ3n) is 5.34. The zero-order chi connectivity index (χ0) is 19.5. The van der Waals surface area contributed by atoms with Gasteiger partial charge in [-0.3, -0.25) is 9.78 Å². The maximum atomic E-state index is 12.9. The molecule has 28 heavy (non-hydrogen) atoms. The van der Waals surface area contributed by atoms with Gasteiger partial charge in [0, 0.05) is 55.4 Å². The molecule has 144 valence electrons. The molecule has 2 aromatic heterocycles. The van der Waals surface area contributed by atoms with E-state index in [9.17, 15) is 4.79 Å². The second kappa shape index (κ2) is 7.94. The number of hydrogen-bond donors (Lipinski definition) is 0. The molecule has 1 fully saturated rings. The number of hydrogen-bond acceptors (Lipinski definition) is 4. The van der Waals surface area contributed by atoms with Gasteiger partial charge in [-0.25, -0.2) is 4.98 Å². The predicted molar refractivity (Wildman–Crippen MR) is 109 cm³/mol. The van der Waals surface area contributed by atoms with Crippen LogP contribution in [0.2, 0.25) is 0 Å². The third kappa shape index (κ3) is 3.97. The molecule has 3 aromatic rings. The third-order valence-corrected chi connectivity index (χ3v) is 5.34. The number of likely N-dealkylation sites (N-methyl/N-ethyl adjacent to an activating group) is 1. The zero-order valence-corrected chi connectivity index (χ0v) is 16.3.